The molecule has 136 valence electrons. The summed E-state index contributed by atoms with van der Waals surface area (Å²) >= 11 is 0. The third-order valence-corrected chi connectivity index (χ3v) is 3.20. The van der Waals surface area contributed by atoms with Crippen LogP contribution in [0.2, 0.25) is 0 Å². The molecular formula is C17H25IN6O. The molecule has 0 aliphatic rings. The average molecular weight is 456 g/mol. The van der Waals surface area contributed by atoms with Crippen molar-refractivity contribution in [3.05, 3.63) is 48.8 Å². The van der Waals surface area contributed by atoms with E-state index >= 15 is 0 Å². The van der Waals surface area contributed by atoms with Crippen molar-refractivity contribution in [3.63, 3.8) is 0 Å². The van der Waals surface area contributed by atoms with Gasteiger partial charge in [0.15, 0.2) is 5.96 Å². The molecule has 25 heavy (non-hydrogen) atoms. The predicted octanol–water partition coefficient (Wildman–Crippen LogP) is 2.08. The molecule has 0 atom stereocenters. The van der Waals surface area contributed by atoms with Gasteiger partial charge in [0.05, 0.1) is 0 Å². The maximum absolute atomic E-state index is 11.9. The second kappa shape index (κ2) is 12.3. The molecule has 1 aromatic heterocycles. The van der Waals surface area contributed by atoms with E-state index in [4.69, 9.17) is 0 Å². The molecule has 3 N–H and O–H groups in total. The summed E-state index contributed by atoms with van der Waals surface area (Å²) in [4.78, 5) is 16.2. The fourth-order valence-electron chi connectivity index (χ4n) is 2.10. The van der Waals surface area contributed by atoms with Gasteiger partial charge in [0.25, 0.3) is 0 Å². The van der Waals surface area contributed by atoms with Crippen molar-refractivity contribution >= 4 is 41.5 Å². The molecule has 0 unspecified atom stereocenters. The predicted molar refractivity (Wildman–Crippen MR) is 111 cm³/mol. The van der Waals surface area contributed by atoms with Crippen LogP contribution in [0, 0.1) is 0 Å². The Labute approximate surface area is 165 Å². The zero-order valence-electron chi connectivity index (χ0n) is 14.3. The van der Waals surface area contributed by atoms with Gasteiger partial charge in [0.1, 0.15) is 6.54 Å². The van der Waals surface area contributed by atoms with Crippen LogP contribution in [-0.2, 0) is 11.3 Å². The van der Waals surface area contributed by atoms with Gasteiger partial charge in [-0.2, -0.15) is 5.10 Å². The van der Waals surface area contributed by atoms with Crippen LogP contribution in [0.15, 0.2) is 53.8 Å². The van der Waals surface area contributed by atoms with E-state index in [0.717, 1.165) is 31.7 Å². The number of hydrogen-bond acceptors (Lipinski definition) is 3. The van der Waals surface area contributed by atoms with E-state index in [1.165, 1.54) is 0 Å². The number of anilines is 1. The first-order chi connectivity index (χ1) is 11.8. The Morgan fingerprint density at radius 2 is 2.00 bits per heavy atom. The van der Waals surface area contributed by atoms with Crippen LogP contribution in [0.3, 0.4) is 0 Å². The summed E-state index contributed by atoms with van der Waals surface area (Å²) in [5.74, 6) is 0.496. The van der Waals surface area contributed by atoms with E-state index in [1.54, 1.807) is 6.20 Å². The lowest BCUT2D eigenvalue weighted by Crippen LogP contribution is -2.38. The molecule has 0 saturated heterocycles. The number of nitrogens with one attached hydrogen (secondary N) is 3. The molecule has 7 nitrogen and oxygen atoms in total. The Morgan fingerprint density at radius 3 is 2.68 bits per heavy atom. The topological polar surface area (TPSA) is 83.3 Å². The first kappa shape index (κ1) is 20.9. The maximum atomic E-state index is 11.9. The quantitative estimate of drug-likeness (QED) is 0.246. The summed E-state index contributed by atoms with van der Waals surface area (Å²) in [6, 6.07) is 11.3. The fourth-order valence-corrected chi connectivity index (χ4v) is 2.10. The molecule has 0 aliphatic heterocycles. The van der Waals surface area contributed by atoms with Crippen molar-refractivity contribution in [3.8, 4) is 0 Å². The first-order valence-electron chi connectivity index (χ1n) is 8.12. The number of nitrogens with zero attached hydrogens (tertiary/aromatic N) is 3. The normalized spacial score (nSPS) is 10.7. The lowest BCUT2D eigenvalue weighted by molar-refractivity contribution is -0.114. The van der Waals surface area contributed by atoms with Gasteiger partial charge in [-0.05, 0) is 31.5 Å². The lowest BCUT2D eigenvalue weighted by atomic mass is 10.3. The van der Waals surface area contributed by atoms with Crippen LogP contribution in [0.5, 0.6) is 0 Å². The number of hydrogen-bond donors (Lipinski definition) is 3. The highest BCUT2D eigenvalue weighted by Gasteiger charge is 2.02. The number of aryl methyl sites for hydroxylation is 1. The summed E-state index contributed by atoms with van der Waals surface area (Å²) in [7, 11) is 0. The van der Waals surface area contributed by atoms with Gasteiger partial charge < -0.3 is 16.0 Å². The molecule has 1 heterocycles. The van der Waals surface area contributed by atoms with E-state index in [1.807, 2.05) is 54.2 Å². The number of para-hydroxylation sites is 1. The highest BCUT2D eigenvalue weighted by molar-refractivity contribution is 14.0. The highest BCUT2D eigenvalue weighted by Crippen LogP contribution is 2.04. The van der Waals surface area contributed by atoms with Crippen LogP contribution >= 0.6 is 24.0 Å². The number of carbonyl (C=O) groups is 1. The number of amides is 1. The van der Waals surface area contributed by atoms with Crippen molar-refractivity contribution in [2.45, 2.75) is 19.9 Å². The number of guanidine groups is 1. The first-order valence-corrected chi connectivity index (χ1v) is 8.12. The van der Waals surface area contributed by atoms with E-state index in [9.17, 15) is 4.79 Å². The lowest BCUT2D eigenvalue weighted by Gasteiger charge is -2.11. The minimum Gasteiger partial charge on any atom is -0.357 e. The molecule has 0 bridgehead atoms. The van der Waals surface area contributed by atoms with Gasteiger partial charge in [0, 0.05) is 37.7 Å². The summed E-state index contributed by atoms with van der Waals surface area (Å²) in [6.45, 7) is 4.40. The van der Waals surface area contributed by atoms with Gasteiger partial charge in [-0.25, -0.2) is 4.99 Å². The standard InChI is InChI=1S/C17H24N6O.HI/c1-2-18-17(19-10-6-12-23-13-7-11-21-23)20-14-16(24)22-15-8-4-3-5-9-15;/h3-5,7-9,11,13H,2,6,10,12,14H2,1H3,(H,22,24)(H2,18,19,20);1H. The SMILES string of the molecule is CCNC(=NCC(=O)Nc1ccccc1)NCCCn1cccn1.I. The van der Waals surface area contributed by atoms with Crippen LogP contribution in [-0.4, -0.2) is 41.3 Å². The Morgan fingerprint density at radius 1 is 1.20 bits per heavy atom. The summed E-state index contributed by atoms with van der Waals surface area (Å²) in [5, 5.41) is 13.3. The number of aromatic nitrogens is 2. The molecule has 1 aromatic carbocycles. The Hall–Kier alpha value is -2.10. The minimum absolute atomic E-state index is 0. The molecule has 1 amide bonds. The van der Waals surface area contributed by atoms with E-state index in [-0.39, 0.29) is 36.4 Å². The summed E-state index contributed by atoms with van der Waals surface area (Å²) < 4.78 is 1.89. The highest BCUT2D eigenvalue weighted by atomic mass is 127. The van der Waals surface area contributed by atoms with E-state index in [2.05, 4.69) is 26.0 Å². The molecule has 2 aromatic rings. The van der Waals surface area contributed by atoms with Crippen LogP contribution in [0.4, 0.5) is 5.69 Å². The largest absolute Gasteiger partial charge is 0.357 e. The van der Waals surface area contributed by atoms with Gasteiger partial charge in [-0.15, -0.1) is 24.0 Å². The number of rotatable bonds is 8. The molecule has 0 saturated carbocycles. The van der Waals surface area contributed by atoms with E-state index < -0.39 is 0 Å². The van der Waals surface area contributed by atoms with Gasteiger partial charge in [-0.3, -0.25) is 9.48 Å². The second-order valence-electron chi connectivity index (χ2n) is 5.16. The fraction of sp³-hybridized carbons (Fsp3) is 0.353. The van der Waals surface area contributed by atoms with Gasteiger partial charge in [-0.1, -0.05) is 18.2 Å². The third kappa shape index (κ3) is 8.52. The minimum atomic E-state index is -0.144. The summed E-state index contributed by atoms with van der Waals surface area (Å²) in [6.07, 6.45) is 4.62. The molecule has 8 heteroatoms. The van der Waals surface area contributed by atoms with E-state index in [0.29, 0.717) is 5.96 Å². The van der Waals surface area contributed by atoms with Crippen molar-refractivity contribution in [2.75, 3.05) is 25.0 Å². The number of benzene rings is 1. The number of carbonyl (C=O) groups excluding carboxylic acids is 1. The smallest absolute Gasteiger partial charge is 0.246 e. The van der Waals surface area contributed by atoms with Crippen molar-refractivity contribution in [2.24, 2.45) is 4.99 Å². The van der Waals surface area contributed by atoms with Crippen molar-refractivity contribution < 1.29 is 4.79 Å². The molecule has 0 aliphatic carbocycles. The number of halogens is 1. The Bertz CT molecular complexity index is 630. The Balaban J connectivity index is 0.00000312. The monoisotopic (exact) mass is 456 g/mol. The molecule has 2 rings (SSSR count). The maximum Gasteiger partial charge on any atom is 0.246 e. The van der Waals surface area contributed by atoms with Crippen LogP contribution in [0.1, 0.15) is 13.3 Å². The molecule has 0 fully saturated rings. The van der Waals surface area contributed by atoms with Crippen LogP contribution in [0.25, 0.3) is 0 Å². The Kier molecular flexibility index (Phi) is 10.3. The summed E-state index contributed by atoms with van der Waals surface area (Å²) in [5.41, 5.74) is 0.773. The van der Waals surface area contributed by atoms with Crippen LogP contribution < -0.4 is 16.0 Å². The van der Waals surface area contributed by atoms with Crippen molar-refractivity contribution in [1.82, 2.24) is 20.4 Å². The number of aliphatic imine (C=N–C) groups is 1. The average Bonchev–Trinajstić information content (AvgIpc) is 3.11. The molecule has 0 radical (unpaired) electrons. The molecule has 0 spiro atoms. The second-order valence-corrected chi connectivity index (χ2v) is 5.16. The zero-order chi connectivity index (χ0) is 17.0. The van der Waals surface area contributed by atoms with Gasteiger partial charge in [0.2, 0.25) is 5.91 Å². The van der Waals surface area contributed by atoms with Crippen molar-refractivity contribution in [1.29, 1.82) is 0 Å². The van der Waals surface area contributed by atoms with Gasteiger partial charge >= 0.3 is 0 Å². The molecular weight excluding hydrogens is 431 g/mol. The zero-order valence-corrected chi connectivity index (χ0v) is 16.6. The third-order valence-electron chi connectivity index (χ3n) is 3.20.